The summed E-state index contributed by atoms with van der Waals surface area (Å²) >= 11 is 8.05. The van der Waals surface area contributed by atoms with Crippen molar-refractivity contribution < 1.29 is 5.11 Å². The highest BCUT2D eigenvalue weighted by Gasteiger charge is 2.22. The number of aliphatic hydroxyl groups is 1. The lowest BCUT2D eigenvalue weighted by molar-refractivity contribution is 0.247. The number of hydrogen-bond acceptors (Lipinski definition) is 2. The summed E-state index contributed by atoms with van der Waals surface area (Å²) in [4.78, 5) is 0. The largest absolute Gasteiger partial charge is 0.396 e. The summed E-state index contributed by atoms with van der Waals surface area (Å²) in [5, 5.41) is 9.61. The molecule has 0 aromatic heterocycles. The molecule has 78 valence electrons. The number of hydrogen-bond donors (Lipinski definition) is 2. The van der Waals surface area contributed by atoms with Crippen molar-refractivity contribution in [2.24, 2.45) is 5.73 Å². The van der Waals surface area contributed by atoms with Crippen molar-refractivity contribution in [3.05, 3.63) is 32.4 Å². The van der Waals surface area contributed by atoms with E-state index in [1.165, 1.54) is 0 Å². The zero-order chi connectivity index (χ0) is 10.8. The molecule has 1 aromatic carbocycles. The van der Waals surface area contributed by atoms with Gasteiger partial charge in [-0.05, 0) is 53.6 Å². The van der Waals surface area contributed by atoms with Gasteiger partial charge in [0.05, 0.1) is 0 Å². The fourth-order valence-electron chi connectivity index (χ4n) is 1.32. The van der Waals surface area contributed by atoms with Crippen molar-refractivity contribution in [1.82, 2.24) is 0 Å². The van der Waals surface area contributed by atoms with E-state index in [0.717, 1.165) is 9.13 Å². The number of nitrogens with two attached hydrogens (primary N) is 1. The fourth-order valence-corrected chi connectivity index (χ4v) is 2.81. The third kappa shape index (κ3) is 2.82. The second kappa shape index (κ2) is 4.79. The average Bonchev–Trinajstić information content (AvgIpc) is 2.02. The predicted molar refractivity (Wildman–Crippen MR) is 67.4 cm³/mol. The van der Waals surface area contributed by atoms with Gasteiger partial charge in [0.15, 0.2) is 0 Å². The monoisotopic (exact) mass is 325 g/mol. The second-order valence-corrected chi connectivity index (χ2v) is 5.11. The van der Waals surface area contributed by atoms with E-state index in [0.29, 0.717) is 11.4 Å². The summed E-state index contributed by atoms with van der Waals surface area (Å²) in [5.41, 5.74) is 6.63. The summed E-state index contributed by atoms with van der Waals surface area (Å²) < 4.78 is 1.04. The molecule has 0 amide bonds. The molecule has 0 heterocycles. The van der Waals surface area contributed by atoms with Crippen molar-refractivity contribution >= 4 is 34.2 Å². The molecule has 0 aliphatic carbocycles. The molecule has 0 aliphatic heterocycles. The molecule has 1 aromatic rings. The lowest BCUT2D eigenvalue weighted by Gasteiger charge is -2.25. The van der Waals surface area contributed by atoms with Gasteiger partial charge in [-0.15, -0.1) is 0 Å². The highest BCUT2D eigenvalue weighted by molar-refractivity contribution is 14.1. The van der Waals surface area contributed by atoms with Gasteiger partial charge in [0.25, 0.3) is 0 Å². The molecule has 1 unspecified atom stereocenters. The van der Waals surface area contributed by atoms with Gasteiger partial charge in [-0.2, -0.15) is 0 Å². The molecule has 3 N–H and O–H groups in total. The molecule has 4 heteroatoms. The molecular weight excluding hydrogens is 312 g/mol. The summed E-state index contributed by atoms with van der Waals surface area (Å²) in [6, 6.07) is 5.61. The van der Waals surface area contributed by atoms with Gasteiger partial charge >= 0.3 is 0 Å². The van der Waals surface area contributed by atoms with Gasteiger partial charge < -0.3 is 10.8 Å². The Kier molecular flexibility index (Phi) is 4.18. The molecule has 0 radical (unpaired) electrons. The molecule has 0 aliphatic rings. The topological polar surface area (TPSA) is 46.2 Å². The molecule has 0 saturated carbocycles. The predicted octanol–water partition coefficient (Wildman–Crippen LogP) is 2.50. The normalized spacial score (nSPS) is 15.2. The van der Waals surface area contributed by atoms with Gasteiger partial charge in [0.2, 0.25) is 0 Å². The van der Waals surface area contributed by atoms with Crippen LogP contribution >= 0.6 is 34.2 Å². The van der Waals surface area contributed by atoms with Crippen LogP contribution in [0.5, 0.6) is 0 Å². The Labute approximate surface area is 103 Å². The van der Waals surface area contributed by atoms with Crippen LogP contribution in [-0.2, 0) is 5.54 Å². The van der Waals surface area contributed by atoms with E-state index in [4.69, 9.17) is 22.4 Å². The van der Waals surface area contributed by atoms with Gasteiger partial charge in [-0.25, -0.2) is 0 Å². The molecule has 1 atom stereocenters. The first-order chi connectivity index (χ1) is 6.47. The van der Waals surface area contributed by atoms with Crippen LogP contribution in [0.4, 0.5) is 0 Å². The van der Waals surface area contributed by atoms with Crippen LogP contribution in [0, 0.1) is 3.57 Å². The Morgan fingerprint density at radius 1 is 1.57 bits per heavy atom. The first-order valence-electron chi connectivity index (χ1n) is 4.32. The average molecular weight is 326 g/mol. The van der Waals surface area contributed by atoms with E-state index in [2.05, 4.69) is 22.6 Å². The SMILES string of the molecule is CC(N)(CCO)c1ccc(Cl)cc1I. The van der Waals surface area contributed by atoms with Gasteiger partial charge in [0.1, 0.15) is 0 Å². The van der Waals surface area contributed by atoms with Crippen molar-refractivity contribution in [1.29, 1.82) is 0 Å². The van der Waals surface area contributed by atoms with E-state index in [9.17, 15) is 0 Å². The summed E-state index contributed by atoms with van der Waals surface area (Å²) in [6.07, 6.45) is 0.546. The number of rotatable bonds is 3. The van der Waals surface area contributed by atoms with Gasteiger partial charge in [0, 0.05) is 20.7 Å². The smallest absolute Gasteiger partial charge is 0.0451 e. The van der Waals surface area contributed by atoms with Crippen molar-refractivity contribution in [3.8, 4) is 0 Å². The lowest BCUT2D eigenvalue weighted by Crippen LogP contribution is -2.34. The first kappa shape index (κ1) is 12.2. The Morgan fingerprint density at radius 3 is 2.71 bits per heavy atom. The zero-order valence-corrected chi connectivity index (χ0v) is 10.8. The van der Waals surface area contributed by atoms with E-state index < -0.39 is 5.54 Å². The third-order valence-electron chi connectivity index (χ3n) is 2.18. The number of halogens is 2. The van der Waals surface area contributed by atoms with Crippen LogP contribution in [0.3, 0.4) is 0 Å². The van der Waals surface area contributed by atoms with Crippen molar-refractivity contribution in [2.45, 2.75) is 18.9 Å². The molecule has 14 heavy (non-hydrogen) atoms. The Morgan fingerprint density at radius 2 is 2.21 bits per heavy atom. The molecule has 0 fully saturated rings. The highest BCUT2D eigenvalue weighted by Crippen LogP contribution is 2.28. The zero-order valence-electron chi connectivity index (χ0n) is 7.93. The maximum absolute atomic E-state index is 8.90. The third-order valence-corrected chi connectivity index (χ3v) is 3.31. The van der Waals surface area contributed by atoms with Gasteiger partial charge in [-0.1, -0.05) is 17.7 Å². The Balaban J connectivity index is 3.06. The molecule has 0 spiro atoms. The minimum absolute atomic E-state index is 0.0890. The van der Waals surface area contributed by atoms with Crippen LogP contribution in [0.25, 0.3) is 0 Å². The second-order valence-electron chi connectivity index (χ2n) is 3.52. The summed E-state index contributed by atoms with van der Waals surface area (Å²) in [6.45, 7) is 2.00. The Bertz CT molecular complexity index is 328. The fraction of sp³-hybridized carbons (Fsp3) is 0.400. The van der Waals surface area contributed by atoms with E-state index in [1.54, 1.807) is 0 Å². The summed E-state index contributed by atoms with van der Waals surface area (Å²) in [5.74, 6) is 0. The van der Waals surface area contributed by atoms with Crippen molar-refractivity contribution in [3.63, 3.8) is 0 Å². The number of aliphatic hydroxyl groups excluding tert-OH is 1. The first-order valence-corrected chi connectivity index (χ1v) is 5.78. The quantitative estimate of drug-likeness (QED) is 0.839. The van der Waals surface area contributed by atoms with Crippen LogP contribution in [-0.4, -0.2) is 11.7 Å². The standard InChI is InChI=1S/C10H13ClINO/c1-10(13,4-5-14)8-3-2-7(11)6-9(8)12/h2-3,6,14H,4-5,13H2,1H3. The minimum atomic E-state index is -0.490. The van der Waals surface area contributed by atoms with Gasteiger partial charge in [-0.3, -0.25) is 0 Å². The molecular formula is C10H13ClINO. The van der Waals surface area contributed by atoms with Crippen LogP contribution in [0.15, 0.2) is 18.2 Å². The molecule has 2 nitrogen and oxygen atoms in total. The van der Waals surface area contributed by atoms with Crippen LogP contribution in [0.2, 0.25) is 5.02 Å². The summed E-state index contributed by atoms with van der Waals surface area (Å²) in [7, 11) is 0. The molecule has 1 rings (SSSR count). The Hall–Kier alpha value is 0.160. The highest BCUT2D eigenvalue weighted by atomic mass is 127. The minimum Gasteiger partial charge on any atom is -0.396 e. The maximum Gasteiger partial charge on any atom is 0.0451 e. The van der Waals surface area contributed by atoms with E-state index in [1.807, 2.05) is 25.1 Å². The van der Waals surface area contributed by atoms with Crippen LogP contribution < -0.4 is 5.73 Å². The van der Waals surface area contributed by atoms with Crippen molar-refractivity contribution in [2.75, 3.05) is 6.61 Å². The van der Waals surface area contributed by atoms with E-state index in [-0.39, 0.29) is 6.61 Å². The van der Waals surface area contributed by atoms with Crippen LogP contribution in [0.1, 0.15) is 18.9 Å². The van der Waals surface area contributed by atoms with E-state index >= 15 is 0 Å². The lowest BCUT2D eigenvalue weighted by atomic mass is 9.90. The molecule has 0 saturated heterocycles. The molecule has 0 bridgehead atoms. The maximum atomic E-state index is 8.90. The number of benzene rings is 1.